The second-order valence-corrected chi connectivity index (χ2v) is 7.05. The van der Waals surface area contributed by atoms with Gasteiger partial charge in [-0.3, -0.25) is 9.59 Å². The van der Waals surface area contributed by atoms with Crippen molar-refractivity contribution >= 4 is 29.1 Å². The molecule has 1 aliphatic carbocycles. The largest absolute Gasteiger partial charge is 0.394 e. The standard InChI is InChI=1S/C17H23ClN2O3/c1-10(2)15(22)19-12-6-7-14(18)13(8-12)16(23)20-17(3,9-21)11-4-5-11/h6-8,10-11,21H,4-5,9H2,1-3H3,(H,19,22)(H,20,23). The summed E-state index contributed by atoms with van der Waals surface area (Å²) in [5.41, 5.74) is 0.168. The van der Waals surface area contributed by atoms with Gasteiger partial charge in [-0.05, 0) is 43.9 Å². The molecule has 0 heterocycles. The first-order valence-electron chi connectivity index (χ1n) is 7.80. The molecule has 1 unspecified atom stereocenters. The van der Waals surface area contributed by atoms with Crippen LogP contribution >= 0.6 is 11.6 Å². The molecule has 5 nitrogen and oxygen atoms in total. The summed E-state index contributed by atoms with van der Waals surface area (Å²) in [5.74, 6) is -0.342. The fraction of sp³-hybridized carbons (Fsp3) is 0.529. The van der Waals surface area contributed by atoms with E-state index in [0.717, 1.165) is 12.8 Å². The van der Waals surface area contributed by atoms with Crippen molar-refractivity contribution in [1.29, 1.82) is 0 Å². The molecule has 1 atom stereocenters. The number of rotatable bonds is 6. The molecule has 2 amide bonds. The molecule has 0 aliphatic heterocycles. The van der Waals surface area contributed by atoms with Gasteiger partial charge >= 0.3 is 0 Å². The predicted octanol–water partition coefficient (Wildman–Crippen LogP) is 2.83. The van der Waals surface area contributed by atoms with Crippen LogP contribution in [0.5, 0.6) is 0 Å². The molecule has 2 rings (SSSR count). The Morgan fingerprint density at radius 3 is 2.57 bits per heavy atom. The van der Waals surface area contributed by atoms with Crippen LogP contribution in [0.25, 0.3) is 0 Å². The average molecular weight is 339 g/mol. The molecule has 0 radical (unpaired) electrons. The van der Waals surface area contributed by atoms with Crippen LogP contribution in [0.1, 0.15) is 44.0 Å². The topological polar surface area (TPSA) is 78.4 Å². The van der Waals surface area contributed by atoms with Gasteiger partial charge in [0.15, 0.2) is 0 Å². The Kier molecular flexibility index (Phi) is 5.32. The number of amides is 2. The van der Waals surface area contributed by atoms with Crippen LogP contribution in [-0.4, -0.2) is 29.1 Å². The number of aliphatic hydroxyl groups excluding tert-OH is 1. The van der Waals surface area contributed by atoms with Crippen molar-refractivity contribution in [3.05, 3.63) is 28.8 Å². The zero-order valence-electron chi connectivity index (χ0n) is 13.6. The van der Waals surface area contributed by atoms with Gasteiger partial charge in [-0.25, -0.2) is 0 Å². The first-order chi connectivity index (χ1) is 10.8. The Bertz CT molecular complexity index is 614. The number of nitrogens with one attached hydrogen (secondary N) is 2. The van der Waals surface area contributed by atoms with Crippen LogP contribution < -0.4 is 10.6 Å². The maximum Gasteiger partial charge on any atom is 0.253 e. The van der Waals surface area contributed by atoms with Gasteiger partial charge in [-0.15, -0.1) is 0 Å². The molecule has 0 aromatic heterocycles. The van der Waals surface area contributed by atoms with Crippen molar-refractivity contribution in [3.8, 4) is 0 Å². The fourth-order valence-electron chi connectivity index (χ4n) is 2.38. The van der Waals surface area contributed by atoms with Crippen molar-refractivity contribution in [2.45, 2.75) is 39.2 Å². The van der Waals surface area contributed by atoms with Gasteiger partial charge in [-0.1, -0.05) is 25.4 Å². The minimum absolute atomic E-state index is 0.120. The number of benzene rings is 1. The molecule has 1 aromatic rings. The monoisotopic (exact) mass is 338 g/mol. The van der Waals surface area contributed by atoms with E-state index in [9.17, 15) is 14.7 Å². The molecule has 23 heavy (non-hydrogen) atoms. The molecule has 0 bridgehead atoms. The van der Waals surface area contributed by atoms with Gasteiger partial charge in [0.25, 0.3) is 5.91 Å². The summed E-state index contributed by atoms with van der Waals surface area (Å²) in [5, 5.41) is 15.5. The summed E-state index contributed by atoms with van der Waals surface area (Å²) < 4.78 is 0. The van der Waals surface area contributed by atoms with E-state index in [1.54, 1.807) is 32.0 Å². The number of carbonyl (C=O) groups is 2. The van der Waals surface area contributed by atoms with Gasteiger partial charge in [0.1, 0.15) is 0 Å². The van der Waals surface area contributed by atoms with E-state index in [-0.39, 0.29) is 29.9 Å². The smallest absolute Gasteiger partial charge is 0.253 e. The van der Waals surface area contributed by atoms with Crippen LogP contribution in [0.3, 0.4) is 0 Å². The maximum absolute atomic E-state index is 12.5. The number of halogens is 1. The van der Waals surface area contributed by atoms with E-state index in [0.29, 0.717) is 16.6 Å². The van der Waals surface area contributed by atoms with Gasteiger partial charge in [-0.2, -0.15) is 0 Å². The molecular weight excluding hydrogens is 316 g/mol. The molecule has 6 heteroatoms. The number of hydrogen-bond acceptors (Lipinski definition) is 3. The zero-order chi connectivity index (χ0) is 17.2. The van der Waals surface area contributed by atoms with Crippen molar-refractivity contribution in [1.82, 2.24) is 5.32 Å². The highest BCUT2D eigenvalue weighted by Gasteiger charge is 2.42. The number of carbonyl (C=O) groups excluding carboxylic acids is 2. The highest BCUT2D eigenvalue weighted by molar-refractivity contribution is 6.34. The minimum atomic E-state index is -0.641. The lowest BCUT2D eigenvalue weighted by Gasteiger charge is -2.29. The molecule has 0 saturated heterocycles. The lowest BCUT2D eigenvalue weighted by molar-refractivity contribution is -0.118. The molecule has 0 spiro atoms. The maximum atomic E-state index is 12.5. The van der Waals surface area contributed by atoms with Crippen molar-refractivity contribution in [2.24, 2.45) is 11.8 Å². The first-order valence-corrected chi connectivity index (χ1v) is 8.18. The first kappa shape index (κ1) is 17.8. The Hall–Kier alpha value is -1.59. The van der Waals surface area contributed by atoms with Crippen LogP contribution in [0.4, 0.5) is 5.69 Å². The summed E-state index contributed by atoms with van der Waals surface area (Å²) in [6.07, 6.45) is 1.99. The third-order valence-corrected chi connectivity index (χ3v) is 4.54. The SMILES string of the molecule is CC(C)C(=O)Nc1ccc(Cl)c(C(=O)NC(C)(CO)C2CC2)c1. The average Bonchev–Trinajstić information content (AvgIpc) is 3.33. The number of hydrogen-bond donors (Lipinski definition) is 3. The third-order valence-electron chi connectivity index (χ3n) is 4.21. The van der Waals surface area contributed by atoms with E-state index < -0.39 is 5.54 Å². The highest BCUT2D eigenvalue weighted by atomic mass is 35.5. The van der Waals surface area contributed by atoms with Crippen molar-refractivity contribution in [2.75, 3.05) is 11.9 Å². The summed E-state index contributed by atoms with van der Waals surface area (Å²) in [6, 6.07) is 4.80. The predicted molar refractivity (Wildman–Crippen MR) is 90.6 cm³/mol. The van der Waals surface area contributed by atoms with Crippen LogP contribution in [-0.2, 0) is 4.79 Å². The number of aliphatic hydroxyl groups is 1. The summed E-state index contributed by atoms with van der Waals surface area (Å²) in [7, 11) is 0. The molecular formula is C17H23ClN2O3. The molecule has 1 aromatic carbocycles. The van der Waals surface area contributed by atoms with E-state index in [2.05, 4.69) is 10.6 Å². The second-order valence-electron chi connectivity index (χ2n) is 6.64. The Balaban J connectivity index is 2.17. The number of anilines is 1. The van der Waals surface area contributed by atoms with E-state index in [1.807, 2.05) is 6.92 Å². The molecule has 126 valence electrons. The normalized spacial score (nSPS) is 16.8. The summed E-state index contributed by atoms with van der Waals surface area (Å²) in [4.78, 5) is 24.3. The Morgan fingerprint density at radius 1 is 1.39 bits per heavy atom. The van der Waals surface area contributed by atoms with Crippen molar-refractivity contribution < 1.29 is 14.7 Å². The van der Waals surface area contributed by atoms with Crippen LogP contribution in [0.2, 0.25) is 5.02 Å². The van der Waals surface area contributed by atoms with Gasteiger partial charge < -0.3 is 15.7 Å². The summed E-state index contributed by atoms with van der Waals surface area (Å²) >= 11 is 6.12. The van der Waals surface area contributed by atoms with Crippen LogP contribution in [0, 0.1) is 11.8 Å². The fourth-order valence-corrected chi connectivity index (χ4v) is 2.58. The highest BCUT2D eigenvalue weighted by Crippen LogP contribution is 2.39. The minimum Gasteiger partial charge on any atom is -0.394 e. The zero-order valence-corrected chi connectivity index (χ0v) is 14.4. The van der Waals surface area contributed by atoms with Crippen molar-refractivity contribution in [3.63, 3.8) is 0 Å². The lowest BCUT2D eigenvalue weighted by Crippen LogP contribution is -2.50. The molecule has 1 fully saturated rings. The molecule has 1 aliphatic rings. The van der Waals surface area contributed by atoms with Gasteiger partial charge in [0, 0.05) is 11.6 Å². The Labute approximate surface area is 141 Å². The Morgan fingerprint density at radius 2 is 2.04 bits per heavy atom. The van der Waals surface area contributed by atoms with E-state index in [1.165, 1.54) is 0 Å². The third kappa shape index (κ3) is 4.24. The van der Waals surface area contributed by atoms with E-state index in [4.69, 9.17) is 11.6 Å². The van der Waals surface area contributed by atoms with Crippen LogP contribution in [0.15, 0.2) is 18.2 Å². The van der Waals surface area contributed by atoms with E-state index >= 15 is 0 Å². The molecule has 3 N–H and O–H groups in total. The quantitative estimate of drug-likeness (QED) is 0.746. The summed E-state index contributed by atoms with van der Waals surface area (Å²) in [6.45, 7) is 5.30. The molecule has 1 saturated carbocycles. The second kappa shape index (κ2) is 6.89. The van der Waals surface area contributed by atoms with Gasteiger partial charge in [0.05, 0.1) is 22.7 Å². The lowest BCUT2D eigenvalue weighted by atomic mass is 9.96. The van der Waals surface area contributed by atoms with Gasteiger partial charge in [0.2, 0.25) is 5.91 Å².